The van der Waals surface area contributed by atoms with Crippen molar-refractivity contribution in [3.63, 3.8) is 0 Å². The molecule has 0 unspecified atom stereocenters. The van der Waals surface area contributed by atoms with E-state index in [1.165, 1.54) is 0 Å². The average Bonchev–Trinajstić information content (AvgIpc) is 1.98. The molecule has 102 valence electrons. The van der Waals surface area contributed by atoms with E-state index in [0.29, 0.717) is 0 Å². The molecule has 0 N–H and O–H groups in total. The quantitative estimate of drug-likeness (QED) is 0.297. The fourth-order valence-corrected chi connectivity index (χ4v) is 0.200. The molecule has 17 heavy (non-hydrogen) atoms. The number of hydrogen-bond acceptors (Lipinski definition) is 3. The predicted molar refractivity (Wildman–Crippen MR) is 44.6 cm³/mol. The van der Waals surface area contributed by atoms with Crippen LogP contribution < -0.4 is 0 Å². The van der Waals surface area contributed by atoms with E-state index in [1.54, 1.807) is 0 Å². The number of halogens is 9. The van der Waals surface area contributed by atoms with Gasteiger partial charge in [-0.2, -0.15) is 26.3 Å². The lowest BCUT2D eigenvalue weighted by atomic mass is 10.6. The van der Waals surface area contributed by atoms with Gasteiger partial charge in [0.15, 0.2) is 4.30 Å². The zero-order valence-corrected chi connectivity index (χ0v) is 9.47. The van der Waals surface area contributed by atoms with Crippen molar-refractivity contribution in [2.45, 2.75) is 16.6 Å². The highest BCUT2D eigenvalue weighted by atomic mass is 35.6. The Morgan fingerprint density at radius 1 is 0.824 bits per heavy atom. The SMILES string of the molecule is ClC(Cl)Cl.O=C(OC(=O)C(F)(F)F)C(F)(F)F. The van der Waals surface area contributed by atoms with Crippen LogP contribution in [0.1, 0.15) is 0 Å². The van der Waals surface area contributed by atoms with E-state index in [4.69, 9.17) is 34.8 Å². The van der Waals surface area contributed by atoms with Crippen molar-refractivity contribution in [2.24, 2.45) is 0 Å². The first kappa shape index (κ1) is 18.9. The fourth-order valence-electron chi connectivity index (χ4n) is 0.200. The minimum absolute atomic E-state index is 0.750. The standard InChI is InChI=1S/C4F6O3.CHCl3/c5-3(6,7)1(11)13-2(12)4(8,9)10;2-1(3)4/h;1H. The van der Waals surface area contributed by atoms with Gasteiger partial charge in [0.1, 0.15) is 0 Å². The van der Waals surface area contributed by atoms with E-state index < -0.39 is 28.6 Å². The zero-order chi connectivity index (χ0) is 14.4. The van der Waals surface area contributed by atoms with Crippen LogP contribution in [0, 0.1) is 0 Å². The molecule has 0 aromatic heterocycles. The van der Waals surface area contributed by atoms with Crippen molar-refractivity contribution in [3.05, 3.63) is 0 Å². The lowest BCUT2D eigenvalue weighted by Gasteiger charge is -2.06. The van der Waals surface area contributed by atoms with Gasteiger partial charge < -0.3 is 4.74 Å². The number of ether oxygens (including phenoxy) is 1. The molecule has 0 saturated carbocycles. The van der Waals surface area contributed by atoms with Crippen LogP contribution in [0.2, 0.25) is 0 Å². The van der Waals surface area contributed by atoms with Crippen molar-refractivity contribution < 1.29 is 40.7 Å². The smallest absolute Gasteiger partial charge is 0.380 e. The van der Waals surface area contributed by atoms with Crippen molar-refractivity contribution in [1.82, 2.24) is 0 Å². The Hall–Kier alpha value is -0.410. The maximum Gasteiger partial charge on any atom is 0.491 e. The highest BCUT2D eigenvalue weighted by Crippen LogP contribution is 2.21. The summed E-state index contributed by atoms with van der Waals surface area (Å²) in [5, 5.41) is 0. The predicted octanol–water partition coefficient (Wildman–Crippen LogP) is 3.17. The van der Waals surface area contributed by atoms with E-state index in [2.05, 4.69) is 4.74 Å². The van der Waals surface area contributed by atoms with E-state index >= 15 is 0 Å². The van der Waals surface area contributed by atoms with Gasteiger partial charge in [0.25, 0.3) is 0 Å². The third-order valence-electron chi connectivity index (χ3n) is 0.648. The summed E-state index contributed by atoms with van der Waals surface area (Å²) in [7, 11) is 0. The van der Waals surface area contributed by atoms with Crippen molar-refractivity contribution in [2.75, 3.05) is 0 Å². The second-order valence-corrected chi connectivity index (χ2v) is 3.90. The number of rotatable bonds is 0. The molecule has 0 heterocycles. The van der Waals surface area contributed by atoms with Crippen molar-refractivity contribution in [1.29, 1.82) is 0 Å². The zero-order valence-electron chi connectivity index (χ0n) is 7.20. The monoisotopic (exact) mass is 328 g/mol. The molecule has 0 fully saturated rings. The van der Waals surface area contributed by atoms with Crippen LogP contribution in [0.5, 0.6) is 0 Å². The molecule has 0 aliphatic rings. The summed E-state index contributed by atoms with van der Waals surface area (Å²) in [4.78, 5) is 19.3. The van der Waals surface area contributed by atoms with Crippen LogP contribution in [-0.4, -0.2) is 28.6 Å². The Bertz CT molecular complexity index is 246. The van der Waals surface area contributed by atoms with Crippen LogP contribution in [0.25, 0.3) is 0 Å². The number of carbonyl (C=O) groups excluding carboxylic acids is 2. The Balaban J connectivity index is 0. The molecule has 12 heteroatoms. The van der Waals surface area contributed by atoms with Crippen LogP contribution in [-0.2, 0) is 14.3 Å². The summed E-state index contributed by atoms with van der Waals surface area (Å²) < 4.78 is 68.9. The van der Waals surface area contributed by atoms with Gasteiger partial charge in [0, 0.05) is 0 Å². The van der Waals surface area contributed by atoms with Gasteiger partial charge in [0.2, 0.25) is 0 Å². The van der Waals surface area contributed by atoms with E-state index in [1.807, 2.05) is 0 Å². The molecule has 0 amide bonds. The molecule has 0 radical (unpaired) electrons. The highest BCUT2D eigenvalue weighted by Gasteiger charge is 2.49. The van der Waals surface area contributed by atoms with Crippen molar-refractivity contribution >= 4 is 46.7 Å². The van der Waals surface area contributed by atoms with Gasteiger partial charge in [-0.3, -0.25) is 0 Å². The minimum Gasteiger partial charge on any atom is -0.380 e. The molecule has 0 saturated heterocycles. The second-order valence-electron chi connectivity index (χ2n) is 1.92. The normalized spacial score (nSPS) is 11.6. The van der Waals surface area contributed by atoms with Gasteiger partial charge in [-0.05, 0) is 0 Å². The molecule has 0 aliphatic heterocycles. The van der Waals surface area contributed by atoms with Gasteiger partial charge in [-0.15, -0.1) is 0 Å². The lowest BCUT2D eigenvalue weighted by molar-refractivity contribution is -0.221. The molecule has 0 spiro atoms. The number of hydrogen-bond donors (Lipinski definition) is 0. The molecule has 0 atom stereocenters. The minimum atomic E-state index is -5.62. The van der Waals surface area contributed by atoms with Crippen LogP contribution in [0.15, 0.2) is 0 Å². The van der Waals surface area contributed by atoms with Crippen LogP contribution >= 0.6 is 34.8 Å². The molecule has 3 nitrogen and oxygen atoms in total. The van der Waals surface area contributed by atoms with Crippen molar-refractivity contribution in [3.8, 4) is 0 Å². The highest BCUT2D eigenvalue weighted by molar-refractivity contribution is 6.63. The Labute approximate surface area is 105 Å². The molecule has 0 aliphatic carbocycles. The van der Waals surface area contributed by atoms with Gasteiger partial charge >= 0.3 is 24.3 Å². The summed E-state index contributed by atoms with van der Waals surface area (Å²) in [6.45, 7) is 0. The number of esters is 2. The average molecular weight is 329 g/mol. The maximum atomic E-state index is 11.2. The summed E-state index contributed by atoms with van der Waals surface area (Å²) in [5.74, 6) is -6.40. The Morgan fingerprint density at radius 3 is 1.12 bits per heavy atom. The maximum absolute atomic E-state index is 11.2. The van der Waals surface area contributed by atoms with E-state index in [9.17, 15) is 35.9 Å². The first-order chi connectivity index (χ1) is 7.28. The lowest BCUT2D eigenvalue weighted by Crippen LogP contribution is -2.34. The molecular formula is C5HCl3F6O3. The van der Waals surface area contributed by atoms with Crippen LogP contribution in [0.4, 0.5) is 26.3 Å². The van der Waals surface area contributed by atoms with Crippen LogP contribution in [0.3, 0.4) is 0 Å². The summed E-state index contributed by atoms with van der Waals surface area (Å²) >= 11 is 14.4. The fraction of sp³-hybridized carbons (Fsp3) is 0.600. The Morgan fingerprint density at radius 2 is 1.00 bits per heavy atom. The summed E-state index contributed by atoms with van der Waals surface area (Å²) in [6, 6.07) is 0. The van der Waals surface area contributed by atoms with Gasteiger partial charge in [0.05, 0.1) is 0 Å². The van der Waals surface area contributed by atoms with Gasteiger partial charge in [-0.1, -0.05) is 34.8 Å². The second kappa shape index (κ2) is 7.12. The number of carbonyl (C=O) groups is 2. The summed E-state index contributed by atoms with van der Waals surface area (Å²) in [6.07, 6.45) is -11.2. The molecule has 0 aromatic rings. The molecule has 0 aromatic carbocycles. The topological polar surface area (TPSA) is 43.4 Å². The van der Waals surface area contributed by atoms with Gasteiger partial charge in [-0.25, -0.2) is 9.59 Å². The molecular weight excluding hydrogens is 328 g/mol. The largest absolute Gasteiger partial charge is 0.491 e. The van der Waals surface area contributed by atoms with E-state index in [0.717, 1.165) is 0 Å². The third-order valence-corrected chi connectivity index (χ3v) is 0.648. The molecule has 0 rings (SSSR count). The summed E-state index contributed by atoms with van der Waals surface area (Å²) in [5.41, 5.74) is 0. The Kier molecular flexibility index (Phi) is 7.93. The van der Waals surface area contributed by atoms with E-state index in [-0.39, 0.29) is 0 Å². The third kappa shape index (κ3) is 11.8. The number of alkyl halides is 9. The molecule has 0 bridgehead atoms. The first-order valence-corrected chi connectivity index (χ1v) is 4.41. The first-order valence-electron chi connectivity index (χ1n) is 3.11.